The molecule has 2 aromatic rings. The number of anilines is 2. The first-order chi connectivity index (χ1) is 14.3. The van der Waals surface area contributed by atoms with E-state index in [-0.39, 0.29) is 17.3 Å². The van der Waals surface area contributed by atoms with Gasteiger partial charge in [0.15, 0.2) is 0 Å². The fourth-order valence-electron chi connectivity index (χ4n) is 5.11. The first-order valence-electron chi connectivity index (χ1n) is 9.59. The Morgan fingerprint density at radius 2 is 1.83 bits per heavy atom. The number of benzene rings is 2. The van der Waals surface area contributed by atoms with E-state index >= 15 is 0 Å². The number of hydrogen-bond acceptors (Lipinski definition) is 6. The van der Waals surface area contributed by atoms with E-state index in [0.717, 1.165) is 4.90 Å². The summed E-state index contributed by atoms with van der Waals surface area (Å²) in [6, 6.07) is 10.7. The molecule has 3 heterocycles. The van der Waals surface area contributed by atoms with Gasteiger partial charge in [-0.25, -0.2) is 4.90 Å². The van der Waals surface area contributed by atoms with E-state index in [9.17, 15) is 24.5 Å². The quantitative estimate of drug-likeness (QED) is 0.446. The third-order valence-corrected chi connectivity index (χ3v) is 6.41. The van der Waals surface area contributed by atoms with Crippen LogP contribution in [0.25, 0.3) is 0 Å². The second-order valence-corrected chi connectivity index (χ2v) is 7.98. The standard InChI is InChI=1S/C21H18N4O5/c1-10-7-8-12(25(29)30)9-15(10)24-18(26)16-11(2)23-21(17(16)19(24)27)13-5-3-4-6-14(13)22-20(21)28/h3-9,11,16-17,23H,1-2H3,(H,22,28)/t11-,16+,17+,21-/m1/s1. The fourth-order valence-corrected chi connectivity index (χ4v) is 5.11. The van der Waals surface area contributed by atoms with E-state index in [1.54, 1.807) is 38.1 Å². The Morgan fingerprint density at radius 3 is 2.57 bits per heavy atom. The summed E-state index contributed by atoms with van der Waals surface area (Å²) >= 11 is 0. The van der Waals surface area contributed by atoms with Crippen molar-refractivity contribution in [1.82, 2.24) is 5.32 Å². The minimum atomic E-state index is -1.35. The maximum Gasteiger partial charge on any atom is 0.271 e. The highest BCUT2D eigenvalue weighted by atomic mass is 16.6. The maximum absolute atomic E-state index is 13.6. The number of rotatable bonds is 2. The van der Waals surface area contributed by atoms with Gasteiger partial charge < -0.3 is 5.32 Å². The molecule has 9 nitrogen and oxygen atoms in total. The Kier molecular flexibility index (Phi) is 3.66. The summed E-state index contributed by atoms with van der Waals surface area (Å²) in [5.74, 6) is -3.06. The predicted octanol–water partition coefficient (Wildman–Crippen LogP) is 1.85. The van der Waals surface area contributed by atoms with Gasteiger partial charge in [0.2, 0.25) is 17.7 Å². The summed E-state index contributed by atoms with van der Waals surface area (Å²) in [4.78, 5) is 51.8. The Hall–Kier alpha value is -3.59. The van der Waals surface area contributed by atoms with Crippen LogP contribution in [0.15, 0.2) is 42.5 Å². The number of fused-ring (bicyclic) bond motifs is 4. The van der Waals surface area contributed by atoms with Crippen LogP contribution in [0, 0.1) is 28.9 Å². The molecule has 0 radical (unpaired) electrons. The molecule has 0 unspecified atom stereocenters. The van der Waals surface area contributed by atoms with Crippen LogP contribution >= 0.6 is 0 Å². The van der Waals surface area contributed by atoms with Crippen LogP contribution in [0.1, 0.15) is 18.1 Å². The van der Waals surface area contributed by atoms with Crippen LogP contribution in [-0.2, 0) is 19.9 Å². The summed E-state index contributed by atoms with van der Waals surface area (Å²) in [6.45, 7) is 3.46. The second-order valence-electron chi connectivity index (χ2n) is 7.98. The first-order valence-corrected chi connectivity index (χ1v) is 9.59. The second kappa shape index (κ2) is 5.96. The topological polar surface area (TPSA) is 122 Å². The van der Waals surface area contributed by atoms with Crippen LogP contribution in [0.4, 0.5) is 17.1 Å². The SMILES string of the molecule is Cc1ccc([N+](=O)[O-])cc1N1C(=O)[C@@H]2[C@@H](C1=O)[C@@]1(N[C@@H]2C)C(=O)Nc2ccccc21. The van der Waals surface area contributed by atoms with Crippen LogP contribution in [0.3, 0.4) is 0 Å². The zero-order valence-corrected chi connectivity index (χ0v) is 16.2. The highest BCUT2D eigenvalue weighted by Gasteiger charge is 2.69. The number of carbonyl (C=O) groups excluding carboxylic acids is 3. The number of nitrogens with zero attached hydrogens (tertiary/aromatic N) is 2. The largest absolute Gasteiger partial charge is 0.324 e. The van der Waals surface area contributed by atoms with Crippen molar-refractivity contribution in [3.05, 3.63) is 63.7 Å². The van der Waals surface area contributed by atoms with Gasteiger partial charge >= 0.3 is 0 Å². The molecule has 1 spiro atoms. The van der Waals surface area contributed by atoms with Crippen molar-refractivity contribution in [3.8, 4) is 0 Å². The molecule has 0 aromatic heterocycles. The molecular weight excluding hydrogens is 388 g/mol. The van der Waals surface area contributed by atoms with Crippen molar-refractivity contribution < 1.29 is 19.3 Å². The lowest BCUT2D eigenvalue weighted by atomic mass is 9.76. The van der Waals surface area contributed by atoms with Crippen molar-refractivity contribution in [1.29, 1.82) is 0 Å². The zero-order chi connectivity index (χ0) is 21.4. The zero-order valence-electron chi connectivity index (χ0n) is 16.2. The third-order valence-electron chi connectivity index (χ3n) is 6.41. The van der Waals surface area contributed by atoms with Gasteiger partial charge in [0.05, 0.1) is 22.4 Å². The lowest BCUT2D eigenvalue weighted by Crippen LogP contribution is -2.53. The minimum Gasteiger partial charge on any atom is -0.324 e. The van der Waals surface area contributed by atoms with Gasteiger partial charge in [0.1, 0.15) is 5.54 Å². The van der Waals surface area contributed by atoms with Crippen molar-refractivity contribution in [2.24, 2.45) is 11.8 Å². The van der Waals surface area contributed by atoms with E-state index in [0.29, 0.717) is 16.8 Å². The molecule has 5 rings (SSSR count). The predicted molar refractivity (Wildman–Crippen MR) is 107 cm³/mol. The number of imide groups is 1. The summed E-state index contributed by atoms with van der Waals surface area (Å²) in [7, 11) is 0. The highest BCUT2D eigenvalue weighted by molar-refractivity contribution is 6.26. The van der Waals surface area contributed by atoms with Gasteiger partial charge in [-0.3, -0.25) is 29.8 Å². The molecule has 9 heteroatoms. The molecule has 0 aliphatic carbocycles. The van der Waals surface area contributed by atoms with Gasteiger partial charge in [0, 0.05) is 29.4 Å². The number of aryl methyl sites for hydroxylation is 1. The highest BCUT2D eigenvalue weighted by Crippen LogP contribution is 2.53. The molecule has 152 valence electrons. The van der Waals surface area contributed by atoms with Gasteiger partial charge in [-0.1, -0.05) is 24.3 Å². The normalized spacial score (nSPS) is 29.3. The first kappa shape index (κ1) is 18.4. The minimum absolute atomic E-state index is 0.183. The van der Waals surface area contributed by atoms with Gasteiger partial charge in [0.25, 0.3) is 5.69 Å². The van der Waals surface area contributed by atoms with Crippen molar-refractivity contribution in [2.45, 2.75) is 25.4 Å². The number of nitro groups is 1. The monoisotopic (exact) mass is 406 g/mol. The van der Waals surface area contributed by atoms with E-state index < -0.39 is 40.2 Å². The molecule has 3 aliphatic heterocycles. The van der Waals surface area contributed by atoms with E-state index in [4.69, 9.17) is 0 Å². The number of carbonyl (C=O) groups is 3. The number of nitro benzene ring substituents is 1. The number of para-hydroxylation sites is 1. The Labute approximate surface area is 171 Å². The Morgan fingerprint density at radius 1 is 1.10 bits per heavy atom. The lowest BCUT2D eigenvalue weighted by molar-refractivity contribution is -0.384. The van der Waals surface area contributed by atoms with Crippen LogP contribution in [-0.4, -0.2) is 28.7 Å². The summed E-state index contributed by atoms with van der Waals surface area (Å²) < 4.78 is 0. The molecule has 2 aromatic carbocycles. The smallest absolute Gasteiger partial charge is 0.271 e. The molecule has 2 fully saturated rings. The average molecular weight is 406 g/mol. The van der Waals surface area contributed by atoms with Crippen LogP contribution < -0.4 is 15.5 Å². The molecule has 3 amide bonds. The van der Waals surface area contributed by atoms with Crippen LogP contribution in [0.5, 0.6) is 0 Å². The molecule has 3 aliphatic rings. The number of nitrogens with one attached hydrogen (secondary N) is 2. The van der Waals surface area contributed by atoms with Gasteiger partial charge in [-0.2, -0.15) is 0 Å². The van der Waals surface area contributed by atoms with E-state index in [2.05, 4.69) is 10.6 Å². The summed E-state index contributed by atoms with van der Waals surface area (Å²) in [5.41, 5.74) is 0.423. The molecule has 2 N–H and O–H groups in total. The molecule has 30 heavy (non-hydrogen) atoms. The average Bonchev–Trinajstić information content (AvgIpc) is 3.27. The van der Waals surface area contributed by atoms with E-state index in [1.165, 1.54) is 18.2 Å². The van der Waals surface area contributed by atoms with Crippen LogP contribution in [0.2, 0.25) is 0 Å². The number of hydrogen-bond donors (Lipinski definition) is 2. The van der Waals surface area contributed by atoms with E-state index in [1.807, 2.05) is 0 Å². The number of amides is 3. The molecule has 4 atom stereocenters. The molecule has 0 saturated carbocycles. The van der Waals surface area contributed by atoms with Crippen molar-refractivity contribution in [3.63, 3.8) is 0 Å². The molecule has 0 bridgehead atoms. The van der Waals surface area contributed by atoms with Crippen molar-refractivity contribution in [2.75, 3.05) is 10.2 Å². The maximum atomic E-state index is 13.6. The van der Waals surface area contributed by atoms with Crippen molar-refractivity contribution >= 4 is 34.8 Å². The Balaban J connectivity index is 1.67. The fraction of sp³-hybridized carbons (Fsp3) is 0.286. The summed E-state index contributed by atoms with van der Waals surface area (Å²) in [5, 5.41) is 17.3. The lowest BCUT2D eigenvalue weighted by Gasteiger charge is -2.29. The molecular formula is C21H18N4O5. The Bertz CT molecular complexity index is 1160. The number of non-ortho nitro benzene ring substituents is 1. The molecule has 2 saturated heterocycles. The third kappa shape index (κ3) is 2.12. The summed E-state index contributed by atoms with van der Waals surface area (Å²) in [6.07, 6.45) is 0. The van der Waals surface area contributed by atoms with Gasteiger partial charge in [-0.15, -0.1) is 0 Å². The van der Waals surface area contributed by atoms with Gasteiger partial charge in [-0.05, 0) is 25.5 Å².